The summed E-state index contributed by atoms with van der Waals surface area (Å²) in [6, 6.07) is 10.3. The Kier molecular flexibility index (Phi) is 7.12. The van der Waals surface area contributed by atoms with Gasteiger partial charge < -0.3 is 15.0 Å². The Morgan fingerprint density at radius 2 is 2.04 bits per heavy atom. The van der Waals surface area contributed by atoms with E-state index in [1.54, 1.807) is 15.8 Å². The second-order valence-corrected chi connectivity index (χ2v) is 6.70. The predicted octanol–water partition coefficient (Wildman–Crippen LogP) is 1.83. The van der Waals surface area contributed by atoms with Gasteiger partial charge in [0.05, 0.1) is 19.4 Å². The van der Waals surface area contributed by atoms with E-state index in [2.05, 4.69) is 40.8 Å². The van der Waals surface area contributed by atoms with Crippen molar-refractivity contribution in [3.05, 3.63) is 53.4 Å². The van der Waals surface area contributed by atoms with E-state index in [0.29, 0.717) is 32.0 Å². The van der Waals surface area contributed by atoms with Gasteiger partial charge in [-0.25, -0.2) is 0 Å². The Morgan fingerprint density at radius 3 is 2.81 bits per heavy atom. The van der Waals surface area contributed by atoms with Crippen LogP contribution < -0.4 is 5.32 Å². The van der Waals surface area contributed by atoms with Crippen LogP contribution in [0, 0.1) is 0 Å². The molecular formula is C20H27N5O2. The average Bonchev–Trinajstić information content (AvgIpc) is 3.17. The molecule has 0 atom stereocenters. The molecule has 1 aliphatic rings. The van der Waals surface area contributed by atoms with Crippen LogP contribution in [0.2, 0.25) is 0 Å². The Balaban J connectivity index is 1.36. The lowest BCUT2D eigenvalue weighted by molar-refractivity contribution is 0.0299. The summed E-state index contributed by atoms with van der Waals surface area (Å²) in [6.07, 6.45) is 4.85. The number of benzene rings is 1. The first-order valence-corrected chi connectivity index (χ1v) is 9.42. The molecule has 0 saturated carbocycles. The number of nitrogens with zero attached hydrogens (tertiary/aromatic N) is 4. The molecule has 1 fully saturated rings. The standard InChI is InChI=1S/C20H27N5O2/c1-17(14-18-6-3-2-4-7-18)15-21-8-5-9-25-16-19(22-23-25)20(26)24-10-12-27-13-11-24/h2-4,6-7,14,16,21H,5,8-13,15H2,1H3. The molecule has 3 rings (SSSR count). The zero-order valence-electron chi connectivity index (χ0n) is 15.8. The van der Waals surface area contributed by atoms with Crippen LogP contribution >= 0.6 is 0 Å². The topological polar surface area (TPSA) is 72.3 Å². The third-order valence-electron chi connectivity index (χ3n) is 4.41. The van der Waals surface area contributed by atoms with Crippen LogP contribution in [-0.2, 0) is 11.3 Å². The zero-order chi connectivity index (χ0) is 18.9. The molecular weight excluding hydrogens is 342 g/mol. The molecule has 0 aliphatic carbocycles. The minimum Gasteiger partial charge on any atom is -0.378 e. The van der Waals surface area contributed by atoms with Gasteiger partial charge in [0.2, 0.25) is 0 Å². The number of rotatable bonds is 8. The van der Waals surface area contributed by atoms with E-state index in [1.165, 1.54) is 11.1 Å². The van der Waals surface area contributed by atoms with Crippen LogP contribution in [0.3, 0.4) is 0 Å². The summed E-state index contributed by atoms with van der Waals surface area (Å²) in [7, 11) is 0. The Morgan fingerprint density at radius 1 is 1.26 bits per heavy atom. The van der Waals surface area contributed by atoms with E-state index >= 15 is 0 Å². The number of amides is 1. The highest BCUT2D eigenvalue weighted by Gasteiger charge is 2.21. The number of ether oxygens (including phenoxy) is 1. The number of aryl methyl sites for hydroxylation is 1. The fourth-order valence-electron chi connectivity index (χ4n) is 2.97. The van der Waals surface area contributed by atoms with Crippen molar-refractivity contribution in [2.24, 2.45) is 0 Å². The summed E-state index contributed by atoms with van der Waals surface area (Å²) in [5, 5.41) is 11.5. The fraction of sp³-hybridized carbons (Fsp3) is 0.450. The predicted molar refractivity (Wildman–Crippen MR) is 104 cm³/mol. The molecule has 1 aromatic heterocycles. The molecule has 1 aliphatic heterocycles. The monoisotopic (exact) mass is 369 g/mol. The van der Waals surface area contributed by atoms with Gasteiger partial charge in [-0.3, -0.25) is 9.48 Å². The molecule has 1 amide bonds. The highest BCUT2D eigenvalue weighted by molar-refractivity contribution is 5.91. The van der Waals surface area contributed by atoms with Crippen molar-refractivity contribution >= 4 is 12.0 Å². The lowest BCUT2D eigenvalue weighted by Crippen LogP contribution is -2.40. The highest BCUT2D eigenvalue weighted by Crippen LogP contribution is 2.06. The molecule has 2 heterocycles. The van der Waals surface area contributed by atoms with Crippen molar-refractivity contribution in [3.8, 4) is 0 Å². The maximum atomic E-state index is 12.4. The average molecular weight is 369 g/mol. The Labute approximate surface area is 160 Å². The first-order chi connectivity index (χ1) is 13.2. The Bertz CT molecular complexity index is 751. The number of morpholine rings is 1. The van der Waals surface area contributed by atoms with Crippen molar-refractivity contribution in [2.75, 3.05) is 39.4 Å². The molecule has 1 saturated heterocycles. The number of carbonyl (C=O) groups excluding carboxylic acids is 1. The summed E-state index contributed by atoms with van der Waals surface area (Å²) in [4.78, 5) is 14.1. The minimum atomic E-state index is -0.0654. The molecule has 0 radical (unpaired) electrons. The first kappa shape index (κ1) is 19.3. The third kappa shape index (κ3) is 6.01. The summed E-state index contributed by atoms with van der Waals surface area (Å²) in [5.74, 6) is -0.0654. The second kappa shape index (κ2) is 9.99. The van der Waals surface area contributed by atoms with Crippen molar-refractivity contribution in [1.82, 2.24) is 25.2 Å². The van der Waals surface area contributed by atoms with E-state index < -0.39 is 0 Å². The van der Waals surface area contributed by atoms with Crippen LogP contribution in [0.4, 0.5) is 0 Å². The normalized spacial score (nSPS) is 15.1. The smallest absolute Gasteiger partial charge is 0.276 e. The summed E-state index contributed by atoms with van der Waals surface area (Å²) in [6.45, 7) is 7.00. The number of nitrogens with one attached hydrogen (secondary N) is 1. The molecule has 2 aromatic rings. The quantitative estimate of drug-likeness (QED) is 0.719. The van der Waals surface area contributed by atoms with Gasteiger partial charge in [0.1, 0.15) is 0 Å². The number of aromatic nitrogens is 3. The van der Waals surface area contributed by atoms with Crippen LogP contribution in [0.25, 0.3) is 6.08 Å². The van der Waals surface area contributed by atoms with Crippen LogP contribution in [0.15, 0.2) is 42.1 Å². The van der Waals surface area contributed by atoms with Gasteiger partial charge in [-0.05, 0) is 25.5 Å². The van der Waals surface area contributed by atoms with Crippen molar-refractivity contribution in [1.29, 1.82) is 0 Å². The highest BCUT2D eigenvalue weighted by atomic mass is 16.5. The minimum absolute atomic E-state index is 0.0654. The van der Waals surface area contributed by atoms with Crippen molar-refractivity contribution in [2.45, 2.75) is 19.9 Å². The fourth-order valence-corrected chi connectivity index (χ4v) is 2.97. The van der Waals surface area contributed by atoms with E-state index in [9.17, 15) is 4.79 Å². The van der Waals surface area contributed by atoms with Crippen molar-refractivity contribution < 1.29 is 9.53 Å². The first-order valence-electron chi connectivity index (χ1n) is 9.42. The largest absolute Gasteiger partial charge is 0.378 e. The molecule has 7 nitrogen and oxygen atoms in total. The van der Waals surface area contributed by atoms with Crippen LogP contribution in [-0.4, -0.2) is 65.2 Å². The van der Waals surface area contributed by atoms with Crippen LogP contribution in [0.1, 0.15) is 29.4 Å². The van der Waals surface area contributed by atoms with Gasteiger partial charge in [0.15, 0.2) is 5.69 Å². The molecule has 0 bridgehead atoms. The maximum absolute atomic E-state index is 12.4. The lowest BCUT2D eigenvalue weighted by Gasteiger charge is -2.25. The van der Waals surface area contributed by atoms with E-state index in [4.69, 9.17) is 4.74 Å². The van der Waals surface area contributed by atoms with E-state index in [0.717, 1.165) is 26.1 Å². The molecule has 0 spiro atoms. The number of hydrogen-bond donors (Lipinski definition) is 1. The third-order valence-corrected chi connectivity index (χ3v) is 4.41. The summed E-state index contributed by atoms with van der Waals surface area (Å²) < 4.78 is 7.01. The van der Waals surface area contributed by atoms with Gasteiger partial charge in [-0.15, -0.1) is 5.10 Å². The van der Waals surface area contributed by atoms with Gasteiger partial charge in [-0.2, -0.15) is 0 Å². The van der Waals surface area contributed by atoms with E-state index in [1.807, 2.05) is 18.2 Å². The summed E-state index contributed by atoms with van der Waals surface area (Å²) in [5.41, 5.74) is 2.92. The molecule has 1 N–H and O–H groups in total. The zero-order valence-corrected chi connectivity index (χ0v) is 15.8. The van der Waals surface area contributed by atoms with Gasteiger partial charge in [-0.1, -0.05) is 47.2 Å². The molecule has 27 heavy (non-hydrogen) atoms. The molecule has 7 heteroatoms. The lowest BCUT2D eigenvalue weighted by atomic mass is 10.1. The summed E-state index contributed by atoms with van der Waals surface area (Å²) >= 11 is 0. The SMILES string of the molecule is CC(=Cc1ccccc1)CNCCCn1cc(C(=O)N2CCOCC2)nn1. The van der Waals surface area contributed by atoms with Crippen LogP contribution in [0.5, 0.6) is 0 Å². The molecule has 1 aromatic carbocycles. The van der Waals surface area contributed by atoms with E-state index in [-0.39, 0.29) is 5.91 Å². The van der Waals surface area contributed by atoms with Gasteiger partial charge in [0, 0.05) is 26.2 Å². The molecule has 0 unspecified atom stereocenters. The number of carbonyl (C=O) groups is 1. The maximum Gasteiger partial charge on any atom is 0.276 e. The molecule has 144 valence electrons. The van der Waals surface area contributed by atoms with Crippen molar-refractivity contribution in [3.63, 3.8) is 0 Å². The number of hydrogen-bond acceptors (Lipinski definition) is 5. The Hall–Kier alpha value is -2.51. The van der Waals surface area contributed by atoms with Gasteiger partial charge >= 0.3 is 0 Å². The second-order valence-electron chi connectivity index (χ2n) is 6.70. The van der Waals surface area contributed by atoms with Gasteiger partial charge in [0.25, 0.3) is 5.91 Å².